The number of ketones is 1. The molecule has 0 aliphatic carbocycles. The number of rotatable bonds is 4. The number of aryl methyl sites for hydroxylation is 1. The van der Waals surface area contributed by atoms with E-state index < -0.39 is 0 Å². The van der Waals surface area contributed by atoms with Crippen molar-refractivity contribution >= 4 is 11.5 Å². The minimum absolute atomic E-state index is 0.128. The van der Waals surface area contributed by atoms with E-state index in [0.717, 1.165) is 24.2 Å². The molecule has 0 spiro atoms. The Hall–Kier alpha value is -1.31. The molecule has 0 aliphatic heterocycles. The number of hydrogen-bond donors (Lipinski definition) is 1. The minimum atomic E-state index is 0.128. The predicted octanol–water partition coefficient (Wildman–Crippen LogP) is 2.88. The predicted molar refractivity (Wildman–Crippen MR) is 60.0 cm³/mol. The monoisotopic (exact) mass is 191 g/mol. The zero-order valence-electron chi connectivity index (χ0n) is 9.05. The van der Waals surface area contributed by atoms with E-state index in [-0.39, 0.29) is 5.78 Å². The fourth-order valence-electron chi connectivity index (χ4n) is 1.47. The van der Waals surface area contributed by atoms with Crippen LogP contribution >= 0.6 is 0 Å². The average molecular weight is 191 g/mol. The van der Waals surface area contributed by atoms with Gasteiger partial charge in [-0.1, -0.05) is 6.92 Å². The van der Waals surface area contributed by atoms with Crippen LogP contribution in [-0.2, 0) is 6.42 Å². The van der Waals surface area contributed by atoms with E-state index in [1.807, 2.05) is 18.2 Å². The zero-order chi connectivity index (χ0) is 10.6. The van der Waals surface area contributed by atoms with Crippen LogP contribution in [0, 0.1) is 0 Å². The van der Waals surface area contributed by atoms with E-state index in [9.17, 15) is 4.79 Å². The van der Waals surface area contributed by atoms with Crippen LogP contribution < -0.4 is 5.32 Å². The van der Waals surface area contributed by atoms with E-state index >= 15 is 0 Å². The number of Topliss-reactive ketones (excluding diaryl/α,β-unsaturated/α-hetero) is 1. The van der Waals surface area contributed by atoms with E-state index in [0.29, 0.717) is 0 Å². The number of anilines is 1. The second-order valence-electron chi connectivity index (χ2n) is 3.31. The summed E-state index contributed by atoms with van der Waals surface area (Å²) >= 11 is 0. The van der Waals surface area contributed by atoms with Crippen LogP contribution in [-0.4, -0.2) is 12.3 Å². The Kier molecular flexibility index (Phi) is 3.69. The molecule has 2 heteroatoms. The van der Waals surface area contributed by atoms with Crippen molar-refractivity contribution in [3.05, 3.63) is 29.3 Å². The maximum absolute atomic E-state index is 11.2. The molecular formula is C12H17NO. The smallest absolute Gasteiger partial charge is 0.159 e. The van der Waals surface area contributed by atoms with Crippen molar-refractivity contribution in [2.75, 3.05) is 11.9 Å². The van der Waals surface area contributed by atoms with Gasteiger partial charge in [-0.05, 0) is 44.0 Å². The number of hydrogen-bond acceptors (Lipinski definition) is 2. The summed E-state index contributed by atoms with van der Waals surface area (Å²) in [5.41, 5.74) is 3.14. The molecule has 0 atom stereocenters. The first-order valence-electron chi connectivity index (χ1n) is 5.06. The summed E-state index contributed by atoms with van der Waals surface area (Å²) in [6.07, 6.45) is 0.948. The third-order valence-corrected chi connectivity index (χ3v) is 2.26. The van der Waals surface area contributed by atoms with E-state index in [1.54, 1.807) is 6.92 Å². The van der Waals surface area contributed by atoms with Crippen molar-refractivity contribution in [2.45, 2.75) is 27.2 Å². The SMILES string of the molecule is CCNc1ccc(C(C)=O)cc1CC. The third kappa shape index (κ3) is 2.34. The molecule has 0 bridgehead atoms. The molecule has 0 amide bonds. The molecule has 0 saturated carbocycles. The van der Waals surface area contributed by atoms with Gasteiger partial charge in [-0.2, -0.15) is 0 Å². The summed E-state index contributed by atoms with van der Waals surface area (Å²) in [7, 11) is 0. The van der Waals surface area contributed by atoms with Crippen LogP contribution in [0.15, 0.2) is 18.2 Å². The van der Waals surface area contributed by atoms with Gasteiger partial charge >= 0.3 is 0 Å². The number of carbonyl (C=O) groups is 1. The summed E-state index contributed by atoms with van der Waals surface area (Å²) in [4.78, 5) is 11.2. The lowest BCUT2D eigenvalue weighted by Gasteiger charge is -2.10. The van der Waals surface area contributed by atoms with Crippen molar-refractivity contribution < 1.29 is 4.79 Å². The molecule has 0 radical (unpaired) electrons. The molecule has 0 saturated heterocycles. The van der Waals surface area contributed by atoms with Gasteiger partial charge < -0.3 is 5.32 Å². The summed E-state index contributed by atoms with van der Waals surface area (Å²) in [5.74, 6) is 0.128. The highest BCUT2D eigenvalue weighted by atomic mass is 16.1. The van der Waals surface area contributed by atoms with E-state index in [2.05, 4.69) is 19.2 Å². The molecule has 0 aromatic heterocycles. The van der Waals surface area contributed by atoms with Crippen LogP contribution in [0.4, 0.5) is 5.69 Å². The van der Waals surface area contributed by atoms with Crippen molar-refractivity contribution in [2.24, 2.45) is 0 Å². The van der Waals surface area contributed by atoms with E-state index in [1.165, 1.54) is 5.56 Å². The zero-order valence-corrected chi connectivity index (χ0v) is 9.05. The molecule has 1 aromatic carbocycles. The topological polar surface area (TPSA) is 29.1 Å². The molecule has 0 heterocycles. The molecule has 76 valence electrons. The first-order chi connectivity index (χ1) is 6.69. The van der Waals surface area contributed by atoms with Crippen molar-refractivity contribution in [3.63, 3.8) is 0 Å². The third-order valence-electron chi connectivity index (χ3n) is 2.26. The number of carbonyl (C=O) groups excluding carboxylic acids is 1. The van der Waals surface area contributed by atoms with Gasteiger partial charge in [-0.15, -0.1) is 0 Å². The first kappa shape index (κ1) is 10.8. The fourth-order valence-corrected chi connectivity index (χ4v) is 1.47. The maximum atomic E-state index is 11.2. The van der Waals surface area contributed by atoms with Crippen molar-refractivity contribution in [1.82, 2.24) is 0 Å². The lowest BCUT2D eigenvalue weighted by Crippen LogP contribution is -2.02. The molecule has 1 aromatic rings. The lowest BCUT2D eigenvalue weighted by molar-refractivity contribution is 0.101. The number of benzene rings is 1. The van der Waals surface area contributed by atoms with Gasteiger partial charge in [-0.25, -0.2) is 0 Å². The number of nitrogens with one attached hydrogen (secondary N) is 1. The van der Waals surface area contributed by atoms with Crippen molar-refractivity contribution in [3.8, 4) is 0 Å². The summed E-state index contributed by atoms with van der Waals surface area (Å²) in [6.45, 7) is 6.67. The van der Waals surface area contributed by atoms with Crippen LogP contribution in [0.5, 0.6) is 0 Å². The Labute approximate surface area is 85.3 Å². The highest BCUT2D eigenvalue weighted by Gasteiger charge is 2.04. The standard InChI is InChI=1S/C12H17NO/c1-4-10-8-11(9(3)14)6-7-12(10)13-5-2/h6-8,13H,4-5H2,1-3H3. The molecule has 0 fully saturated rings. The molecular weight excluding hydrogens is 174 g/mol. The summed E-state index contributed by atoms with van der Waals surface area (Å²) in [5, 5.41) is 3.28. The Morgan fingerprint density at radius 3 is 2.57 bits per heavy atom. The van der Waals surface area contributed by atoms with Gasteiger partial charge in [0.15, 0.2) is 5.78 Å². The fraction of sp³-hybridized carbons (Fsp3) is 0.417. The van der Waals surface area contributed by atoms with Crippen LogP contribution in [0.2, 0.25) is 0 Å². The molecule has 2 nitrogen and oxygen atoms in total. The molecule has 1 rings (SSSR count). The van der Waals surface area contributed by atoms with Crippen LogP contribution in [0.1, 0.15) is 36.7 Å². The van der Waals surface area contributed by atoms with Gasteiger partial charge in [-0.3, -0.25) is 4.79 Å². The summed E-state index contributed by atoms with van der Waals surface area (Å²) in [6, 6.07) is 5.83. The highest BCUT2D eigenvalue weighted by molar-refractivity contribution is 5.94. The summed E-state index contributed by atoms with van der Waals surface area (Å²) < 4.78 is 0. The minimum Gasteiger partial charge on any atom is -0.385 e. The Bertz CT molecular complexity index is 331. The van der Waals surface area contributed by atoms with Gasteiger partial charge in [0.2, 0.25) is 0 Å². The van der Waals surface area contributed by atoms with Gasteiger partial charge in [0.05, 0.1) is 0 Å². The van der Waals surface area contributed by atoms with Gasteiger partial charge in [0.1, 0.15) is 0 Å². The van der Waals surface area contributed by atoms with Crippen LogP contribution in [0.3, 0.4) is 0 Å². The Morgan fingerprint density at radius 2 is 2.07 bits per heavy atom. The average Bonchev–Trinajstić information content (AvgIpc) is 2.18. The van der Waals surface area contributed by atoms with Gasteiger partial charge in [0, 0.05) is 17.8 Å². The second kappa shape index (κ2) is 4.80. The Balaban J connectivity index is 3.04. The molecule has 1 N–H and O–H groups in total. The van der Waals surface area contributed by atoms with Crippen LogP contribution in [0.25, 0.3) is 0 Å². The highest BCUT2D eigenvalue weighted by Crippen LogP contribution is 2.18. The Morgan fingerprint density at radius 1 is 1.36 bits per heavy atom. The maximum Gasteiger partial charge on any atom is 0.159 e. The van der Waals surface area contributed by atoms with Crippen molar-refractivity contribution in [1.29, 1.82) is 0 Å². The molecule has 0 aliphatic rings. The van der Waals surface area contributed by atoms with E-state index in [4.69, 9.17) is 0 Å². The molecule has 0 unspecified atom stereocenters. The lowest BCUT2D eigenvalue weighted by atomic mass is 10.0. The quantitative estimate of drug-likeness (QED) is 0.741. The van der Waals surface area contributed by atoms with Gasteiger partial charge in [0.25, 0.3) is 0 Å². The first-order valence-corrected chi connectivity index (χ1v) is 5.06. The second-order valence-corrected chi connectivity index (χ2v) is 3.31. The molecule has 14 heavy (non-hydrogen) atoms. The normalized spacial score (nSPS) is 9.93. The largest absolute Gasteiger partial charge is 0.385 e.